The summed E-state index contributed by atoms with van der Waals surface area (Å²) < 4.78 is 0. The van der Waals surface area contributed by atoms with Crippen LogP contribution >= 0.6 is 0 Å². The van der Waals surface area contributed by atoms with Crippen LogP contribution in [0.2, 0.25) is 0 Å². The molecule has 0 aromatic heterocycles. The highest BCUT2D eigenvalue weighted by Crippen LogP contribution is 2.43. The van der Waals surface area contributed by atoms with Gasteiger partial charge in [-0.15, -0.1) is 0 Å². The molecule has 1 saturated carbocycles. The highest BCUT2D eigenvalue weighted by atomic mass is 15.3. The van der Waals surface area contributed by atoms with Crippen LogP contribution in [0.5, 0.6) is 0 Å². The summed E-state index contributed by atoms with van der Waals surface area (Å²) >= 11 is 0. The van der Waals surface area contributed by atoms with E-state index in [1.54, 1.807) is 0 Å². The van der Waals surface area contributed by atoms with Crippen molar-refractivity contribution < 1.29 is 0 Å². The summed E-state index contributed by atoms with van der Waals surface area (Å²) in [6.45, 7) is 0.848. The van der Waals surface area contributed by atoms with Gasteiger partial charge in [0.15, 0.2) is 0 Å². The van der Waals surface area contributed by atoms with Crippen molar-refractivity contribution in [3.05, 3.63) is 0 Å². The van der Waals surface area contributed by atoms with Crippen LogP contribution in [0.4, 0.5) is 0 Å². The van der Waals surface area contributed by atoms with Crippen LogP contribution in [0, 0.1) is 0 Å². The Balaban J connectivity index is 1.78. The molecule has 0 aromatic rings. The monoisotopic (exact) mass is 251 g/mol. The highest BCUT2D eigenvalue weighted by molar-refractivity contribution is 5.07. The van der Waals surface area contributed by atoms with Gasteiger partial charge in [0.25, 0.3) is 0 Å². The van der Waals surface area contributed by atoms with Crippen LogP contribution in [0.3, 0.4) is 0 Å². The summed E-state index contributed by atoms with van der Waals surface area (Å²) in [5.41, 5.74) is 6.54. The molecule has 3 aliphatic rings. The average molecular weight is 251 g/mol. The Morgan fingerprint density at radius 3 is 2.17 bits per heavy atom. The van der Waals surface area contributed by atoms with E-state index in [1.807, 2.05) is 0 Å². The lowest BCUT2D eigenvalue weighted by Crippen LogP contribution is -2.62. The number of piperidine rings is 1. The zero-order valence-corrected chi connectivity index (χ0v) is 12.1. The van der Waals surface area contributed by atoms with E-state index in [4.69, 9.17) is 5.73 Å². The predicted octanol–water partition coefficient (Wildman–Crippen LogP) is 1.81. The van der Waals surface area contributed by atoms with E-state index in [0.717, 1.165) is 24.7 Å². The summed E-state index contributed by atoms with van der Waals surface area (Å²) in [5, 5.41) is 0. The molecule has 2 N–H and O–H groups in total. The second-order valence-corrected chi connectivity index (χ2v) is 6.94. The summed E-state index contributed by atoms with van der Waals surface area (Å²) in [5.74, 6) is 0. The fourth-order valence-electron chi connectivity index (χ4n) is 4.82. The number of nitrogens with two attached hydrogens (primary N) is 1. The van der Waals surface area contributed by atoms with Crippen molar-refractivity contribution in [3.63, 3.8) is 0 Å². The molecule has 0 spiro atoms. The largest absolute Gasteiger partial charge is 0.329 e. The molecule has 104 valence electrons. The number of hydrogen-bond donors (Lipinski definition) is 1. The summed E-state index contributed by atoms with van der Waals surface area (Å²) in [7, 11) is 4.67. The van der Waals surface area contributed by atoms with E-state index in [1.165, 1.54) is 51.4 Å². The van der Waals surface area contributed by atoms with Gasteiger partial charge in [-0.3, -0.25) is 4.90 Å². The summed E-state index contributed by atoms with van der Waals surface area (Å²) in [6.07, 6.45) is 11.0. The van der Waals surface area contributed by atoms with Crippen molar-refractivity contribution in [1.82, 2.24) is 9.80 Å². The van der Waals surface area contributed by atoms with E-state index in [2.05, 4.69) is 23.9 Å². The van der Waals surface area contributed by atoms with Crippen LogP contribution in [0.25, 0.3) is 0 Å². The highest BCUT2D eigenvalue weighted by Gasteiger charge is 2.49. The van der Waals surface area contributed by atoms with Crippen molar-refractivity contribution in [2.75, 3.05) is 20.6 Å². The fraction of sp³-hybridized carbons (Fsp3) is 1.00. The number of hydrogen-bond acceptors (Lipinski definition) is 3. The van der Waals surface area contributed by atoms with E-state index in [0.29, 0.717) is 5.54 Å². The third-order valence-corrected chi connectivity index (χ3v) is 6.22. The molecule has 3 nitrogen and oxygen atoms in total. The molecule has 1 aliphatic carbocycles. The van der Waals surface area contributed by atoms with E-state index in [-0.39, 0.29) is 0 Å². The lowest BCUT2D eigenvalue weighted by atomic mass is 9.80. The zero-order valence-electron chi connectivity index (χ0n) is 12.1. The van der Waals surface area contributed by atoms with E-state index < -0.39 is 0 Å². The number of nitrogens with zero attached hydrogens (tertiary/aromatic N) is 2. The second-order valence-electron chi connectivity index (χ2n) is 6.94. The minimum absolute atomic E-state index is 0.299. The predicted molar refractivity (Wildman–Crippen MR) is 75.6 cm³/mol. The molecule has 2 bridgehead atoms. The van der Waals surface area contributed by atoms with Gasteiger partial charge < -0.3 is 10.6 Å². The smallest absolute Gasteiger partial charge is 0.0361 e. The van der Waals surface area contributed by atoms with Gasteiger partial charge in [-0.05, 0) is 52.6 Å². The molecule has 3 heteroatoms. The Kier molecular flexibility index (Phi) is 3.41. The summed E-state index contributed by atoms with van der Waals surface area (Å²) in [6, 6.07) is 2.38. The van der Waals surface area contributed by atoms with Crippen LogP contribution < -0.4 is 5.73 Å². The van der Waals surface area contributed by atoms with Gasteiger partial charge in [0.05, 0.1) is 0 Å². The Bertz CT molecular complexity index is 284. The van der Waals surface area contributed by atoms with Crippen LogP contribution in [-0.4, -0.2) is 54.1 Å². The van der Waals surface area contributed by atoms with Crippen molar-refractivity contribution in [2.45, 2.75) is 75.0 Å². The Labute approximate surface area is 112 Å². The second kappa shape index (κ2) is 4.77. The third-order valence-electron chi connectivity index (χ3n) is 6.22. The van der Waals surface area contributed by atoms with Gasteiger partial charge >= 0.3 is 0 Å². The maximum Gasteiger partial charge on any atom is 0.0361 e. The van der Waals surface area contributed by atoms with Gasteiger partial charge in [0.2, 0.25) is 0 Å². The standard InChI is InChI=1S/C15H29N3/c1-17-13-7-8-14(17)10-15(9-13,11-16)18(2)12-5-3-4-6-12/h12-14H,3-11,16H2,1-2H3. The zero-order chi connectivity index (χ0) is 12.8. The van der Waals surface area contributed by atoms with Crippen LogP contribution in [-0.2, 0) is 0 Å². The molecule has 0 aromatic carbocycles. The minimum Gasteiger partial charge on any atom is -0.329 e. The quantitative estimate of drug-likeness (QED) is 0.830. The normalized spacial score (nSPS) is 42.0. The molecule has 2 atom stereocenters. The number of likely N-dealkylation sites (N-methyl/N-ethyl adjacent to an activating group) is 1. The third kappa shape index (κ3) is 1.91. The fourth-order valence-corrected chi connectivity index (χ4v) is 4.82. The number of fused-ring (bicyclic) bond motifs is 2. The Hall–Kier alpha value is -0.120. The van der Waals surface area contributed by atoms with Crippen molar-refractivity contribution in [3.8, 4) is 0 Å². The topological polar surface area (TPSA) is 32.5 Å². The SMILES string of the molecule is CN1C2CCC1CC(CN)(N(C)C1CCCC1)C2. The maximum atomic E-state index is 6.24. The first-order chi connectivity index (χ1) is 8.66. The van der Waals surface area contributed by atoms with E-state index in [9.17, 15) is 0 Å². The molecule has 3 rings (SSSR count). The number of rotatable bonds is 3. The van der Waals surface area contributed by atoms with Gasteiger partial charge in [-0.25, -0.2) is 0 Å². The van der Waals surface area contributed by atoms with Crippen molar-refractivity contribution in [2.24, 2.45) is 5.73 Å². The Morgan fingerprint density at radius 2 is 1.67 bits per heavy atom. The molecular formula is C15H29N3. The molecule has 0 radical (unpaired) electrons. The van der Waals surface area contributed by atoms with Gasteiger partial charge in [0.1, 0.15) is 0 Å². The molecular weight excluding hydrogens is 222 g/mol. The lowest BCUT2D eigenvalue weighted by Gasteiger charge is -2.51. The lowest BCUT2D eigenvalue weighted by molar-refractivity contribution is -0.00613. The van der Waals surface area contributed by atoms with Gasteiger partial charge in [-0.2, -0.15) is 0 Å². The van der Waals surface area contributed by atoms with Gasteiger partial charge in [-0.1, -0.05) is 12.8 Å². The van der Waals surface area contributed by atoms with Crippen molar-refractivity contribution >= 4 is 0 Å². The molecule has 2 saturated heterocycles. The minimum atomic E-state index is 0.299. The maximum absolute atomic E-state index is 6.24. The molecule has 18 heavy (non-hydrogen) atoms. The molecule has 2 heterocycles. The first-order valence-electron chi connectivity index (χ1n) is 7.81. The average Bonchev–Trinajstić information content (AvgIpc) is 2.96. The molecule has 3 fully saturated rings. The molecule has 2 unspecified atom stereocenters. The first-order valence-corrected chi connectivity index (χ1v) is 7.81. The van der Waals surface area contributed by atoms with Gasteiger partial charge in [0, 0.05) is 30.2 Å². The van der Waals surface area contributed by atoms with Crippen LogP contribution in [0.1, 0.15) is 51.4 Å². The molecule has 2 aliphatic heterocycles. The first kappa shape index (κ1) is 12.9. The van der Waals surface area contributed by atoms with E-state index >= 15 is 0 Å². The van der Waals surface area contributed by atoms with Crippen molar-refractivity contribution in [1.29, 1.82) is 0 Å². The molecule has 0 amide bonds. The van der Waals surface area contributed by atoms with Crippen LogP contribution in [0.15, 0.2) is 0 Å². The summed E-state index contributed by atoms with van der Waals surface area (Å²) in [4.78, 5) is 5.31. The Morgan fingerprint density at radius 1 is 1.11 bits per heavy atom.